The summed E-state index contributed by atoms with van der Waals surface area (Å²) in [7, 11) is 3.20. The normalized spacial score (nSPS) is 15.5. The molecule has 1 aromatic carbocycles. The number of ether oxygens (including phenoxy) is 2. The molecular formula is C23H34N4O4S. The maximum absolute atomic E-state index is 12.4. The Kier molecular flexibility index (Phi) is 8.42. The van der Waals surface area contributed by atoms with Crippen molar-refractivity contribution < 1.29 is 18.8 Å². The molecule has 1 N–H and O–H groups in total. The highest BCUT2D eigenvalue weighted by atomic mass is 32.2. The lowest BCUT2D eigenvalue weighted by Crippen LogP contribution is -2.40. The molecule has 0 saturated carbocycles. The Morgan fingerprint density at radius 2 is 1.94 bits per heavy atom. The fourth-order valence-electron chi connectivity index (χ4n) is 3.63. The fourth-order valence-corrected chi connectivity index (χ4v) is 4.45. The van der Waals surface area contributed by atoms with E-state index in [1.54, 1.807) is 14.2 Å². The van der Waals surface area contributed by atoms with Gasteiger partial charge >= 0.3 is 0 Å². The van der Waals surface area contributed by atoms with Crippen LogP contribution in [0, 0.1) is 5.92 Å². The molecule has 176 valence electrons. The first kappa shape index (κ1) is 24.4. The van der Waals surface area contributed by atoms with Gasteiger partial charge in [0.05, 0.1) is 20.8 Å². The SMILES string of the molecule is COc1ccc(-c2noc(CN3CCC(C(=O)NCCSC(C)(C)C)CC3)n2)cc1OC. The molecule has 9 heteroatoms. The van der Waals surface area contributed by atoms with Crippen LogP contribution in [0.3, 0.4) is 0 Å². The number of carbonyl (C=O) groups excluding carboxylic acids is 1. The van der Waals surface area contributed by atoms with Gasteiger partial charge in [-0.1, -0.05) is 25.9 Å². The van der Waals surface area contributed by atoms with Crippen molar-refractivity contribution in [3.8, 4) is 22.9 Å². The Hall–Kier alpha value is -2.26. The van der Waals surface area contributed by atoms with E-state index in [0.717, 1.165) is 43.8 Å². The molecule has 2 aromatic rings. The number of methoxy groups -OCH3 is 2. The molecule has 1 aliphatic rings. The Morgan fingerprint density at radius 3 is 2.59 bits per heavy atom. The number of piperidine rings is 1. The molecule has 1 aliphatic heterocycles. The van der Waals surface area contributed by atoms with Crippen LogP contribution >= 0.6 is 11.8 Å². The molecule has 1 aromatic heterocycles. The van der Waals surface area contributed by atoms with Gasteiger partial charge in [0.2, 0.25) is 17.6 Å². The zero-order valence-electron chi connectivity index (χ0n) is 19.6. The lowest BCUT2D eigenvalue weighted by molar-refractivity contribution is -0.126. The van der Waals surface area contributed by atoms with E-state index in [9.17, 15) is 4.79 Å². The van der Waals surface area contributed by atoms with Crippen LogP contribution in [0.4, 0.5) is 0 Å². The molecule has 0 spiro atoms. The third-order valence-electron chi connectivity index (χ3n) is 5.36. The molecular weight excluding hydrogens is 428 g/mol. The Morgan fingerprint density at radius 1 is 1.22 bits per heavy atom. The molecule has 0 bridgehead atoms. The molecule has 1 saturated heterocycles. The number of amides is 1. The number of thioether (sulfide) groups is 1. The summed E-state index contributed by atoms with van der Waals surface area (Å²) in [4.78, 5) is 19.2. The second-order valence-corrected chi connectivity index (χ2v) is 10.8. The highest BCUT2D eigenvalue weighted by molar-refractivity contribution is 8.00. The average molecular weight is 463 g/mol. The van der Waals surface area contributed by atoms with Crippen LogP contribution in [-0.2, 0) is 11.3 Å². The molecule has 32 heavy (non-hydrogen) atoms. The summed E-state index contributed by atoms with van der Waals surface area (Å²) in [5, 5.41) is 7.20. The minimum Gasteiger partial charge on any atom is -0.493 e. The summed E-state index contributed by atoms with van der Waals surface area (Å²) in [5.74, 6) is 3.55. The summed E-state index contributed by atoms with van der Waals surface area (Å²) in [6.07, 6.45) is 1.68. The van der Waals surface area contributed by atoms with E-state index >= 15 is 0 Å². The van der Waals surface area contributed by atoms with Crippen LogP contribution in [-0.4, -0.2) is 65.3 Å². The molecule has 1 amide bonds. The Bertz CT molecular complexity index is 888. The zero-order valence-corrected chi connectivity index (χ0v) is 20.5. The average Bonchev–Trinajstić information content (AvgIpc) is 3.24. The van der Waals surface area contributed by atoms with E-state index in [4.69, 9.17) is 14.0 Å². The maximum Gasteiger partial charge on any atom is 0.241 e. The molecule has 1 fully saturated rings. The van der Waals surface area contributed by atoms with Gasteiger partial charge < -0.3 is 19.3 Å². The molecule has 0 aliphatic carbocycles. The van der Waals surface area contributed by atoms with Crippen LogP contribution in [0.15, 0.2) is 22.7 Å². The van der Waals surface area contributed by atoms with Gasteiger partial charge in [0.15, 0.2) is 11.5 Å². The number of benzene rings is 1. The van der Waals surface area contributed by atoms with Gasteiger partial charge in [-0.05, 0) is 44.1 Å². The number of likely N-dealkylation sites (tertiary alicyclic amines) is 1. The molecule has 3 rings (SSSR count). The predicted molar refractivity (Wildman–Crippen MR) is 126 cm³/mol. The predicted octanol–water partition coefficient (Wildman–Crippen LogP) is 3.61. The van der Waals surface area contributed by atoms with E-state index in [1.807, 2.05) is 30.0 Å². The standard InChI is InChI=1S/C23H34N4O4S/c1-23(2,3)32-13-10-24-22(28)16-8-11-27(12-9-16)15-20-25-21(26-31-20)17-6-7-18(29-4)19(14-17)30-5/h6-7,14,16H,8-13,15H2,1-5H3,(H,24,28). The number of aromatic nitrogens is 2. The minimum atomic E-state index is 0.0795. The van der Waals surface area contributed by atoms with Crippen LogP contribution in [0.1, 0.15) is 39.5 Å². The number of nitrogens with one attached hydrogen (secondary N) is 1. The van der Waals surface area contributed by atoms with Gasteiger partial charge in [-0.2, -0.15) is 16.7 Å². The van der Waals surface area contributed by atoms with Gasteiger partial charge in [0.1, 0.15) is 0 Å². The van der Waals surface area contributed by atoms with Crippen LogP contribution < -0.4 is 14.8 Å². The molecule has 2 heterocycles. The Labute approximate surface area is 194 Å². The van der Waals surface area contributed by atoms with Crippen LogP contribution in [0.5, 0.6) is 11.5 Å². The van der Waals surface area contributed by atoms with Crippen molar-refractivity contribution in [1.82, 2.24) is 20.4 Å². The van der Waals surface area contributed by atoms with E-state index < -0.39 is 0 Å². The van der Waals surface area contributed by atoms with Gasteiger partial charge in [0, 0.05) is 28.5 Å². The second kappa shape index (κ2) is 11.0. The van der Waals surface area contributed by atoms with Crippen LogP contribution in [0.2, 0.25) is 0 Å². The van der Waals surface area contributed by atoms with Crippen molar-refractivity contribution in [2.45, 2.75) is 44.9 Å². The lowest BCUT2D eigenvalue weighted by Gasteiger charge is -2.30. The summed E-state index contributed by atoms with van der Waals surface area (Å²) in [6.45, 7) is 9.55. The highest BCUT2D eigenvalue weighted by Crippen LogP contribution is 2.31. The first-order valence-electron chi connectivity index (χ1n) is 11.0. The first-order chi connectivity index (χ1) is 15.3. The summed E-state index contributed by atoms with van der Waals surface area (Å²) < 4.78 is 16.3. The van der Waals surface area contributed by atoms with Crippen molar-refractivity contribution in [3.05, 3.63) is 24.1 Å². The summed E-state index contributed by atoms with van der Waals surface area (Å²) >= 11 is 1.87. The maximum atomic E-state index is 12.4. The van der Waals surface area contributed by atoms with E-state index in [2.05, 4.69) is 41.1 Å². The third kappa shape index (κ3) is 6.87. The van der Waals surface area contributed by atoms with E-state index in [1.165, 1.54) is 0 Å². The van der Waals surface area contributed by atoms with Gasteiger partial charge in [0.25, 0.3) is 0 Å². The number of rotatable bonds is 9. The highest BCUT2D eigenvalue weighted by Gasteiger charge is 2.26. The smallest absolute Gasteiger partial charge is 0.241 e. The second-order valence-electron chi connectivity index (χ2n) is 8.88. The van der Waals surface area contributed by atoms with E-state index in [0.29, 0.717) is 29.8 Å². The number of hydrogen-bond donors (Lipinski definition) is 1. The topological polar surface area (TPSA) is 89.7 Å². The van der Waals surface area contributed by atoms with Crippen molar-refractivity contribution in [3.63, 3.8) is 0 Å². The third-order valence-corrected chi connectivity index (χ3v) is 6.64. The van der Waals surface area contributed by atoms with Gasteiger partial charge in [-0.3, -0.25) is 9.69 Å². The van der Waals surface area contributed by atoms with Gasteiger partial charge in [-0.25, -0.2) is 0 Å². The Balaban J connectivity index is 1.46. The molecule has 0 unspecified atom stereocenters. The van der Waals surface area contributed by atoms with Crippen LogP contribution in [0.25, 0.3) is 11.4 Å². The van der Waals surface area contributed by atoms with Crippen molar-refractivity contribution in [1.29, 1.82) is 0 Å². The monoisotopic (exact) mass is 462 g/mol. The first-order valence-corrected chi connectivity index (χ1v) is 12.0. The quantitative estimate of drug-likeness (QED) is 0.565. The zero-order chi connectivity index (χ0) is 23.1. The van der Waals surface area contributed by atoms with Crippen molar-refractivity contribution >= 4 is 17.7 Å². The molecule has 8 nitrogen and oxygen atoms in total. The fraction of sp³-hybridized carbons (Fsp3) is 0.609. The molecule has 0 atom stereocenters. The van der Waals surface area contributed by atoms with Crippen molar-refractivity contribution in [2.24, 2.45) is 5.92 Å². The number of hydrogen-bond acceptors (Lipinski definition) is 8. The summed E-state index contributed by atoms with van der Waals surface area (Å²) in [5.41, 5.74) is 0.803. The van der Waals surface area contributed by atoms with E-state index in [-0.39, 0.29) is 16.6 Å². The number of nitrogens with zero attached hydrogens (tertiary/aromatic N) is 3. The lowest BCUT2D eigenvalue weighted by atomic mass is 9.96. The largest absolute Gasteiger partial charge is 0.493 e. The molecule has 0 radical (unpaired) electrons. The summed E-state index contributed by atoms with van der Waals surface area (Å²) in [6, 6.07) is 5.53. The minimum absolute atomic E-state index is 0.0795. The van der Waals surface area contributed by atoms with Gasteiger partial charge in [-0.15, -0.1) is 0 Å². The number of carbonyl (C=O) groups is 1. The van der Waals surface area contributed by atoms with Crippen molar-refractivity contribution in [2.75, 3.05) is 39.6 Å².